The minimum atomic E-state index is -3.33. The Morgan fingerprint density at radius 2 is 1.95 bits per heavy atom. The number of amides is 1. The van der Waals surface area contributed by atoms with Gasteiger partial charge in [-0.2, -0.15) is 0 Å². The predicted molar refractivity (Wildman–Crippen MR) is 83.9 cm³/mol. The molecule has 0 spiro atoms. The van der Waals surface area contributed by atoms with Crippen LogP contribution >= 0.6 is 0 Å². The lowest BCUT2D eigenvalue weighted by Crippen LogP contribution is -2.44. The predicted octanol–water partition coefficient (Wildman–Crippen LogP) is 1.58. The first-order chi connectivity index (χ1) is 9.55. The Bertz CT molecular complexity index is 604. The highest BCUT2D eigenvalue weighted by Crippen LogP contribution is 2.22. The van der Waals surface area contributed by atoms with Gasteiger partial charge in [0, 0.05) is 17.9 Å². The molecule has 0 bridgehead atoms. The quantitative estimate of drug-likeness (QED) is 0.864. The Morgan fingerprint density at radius 1 is 1.33 bits per heavy atom. The number of sulfone groups is 1. The van der Waals surface area contributed by atoms with Gasteiger partial charge in [0.2, 0.25) is 0 Å². The second-order valence-corrected chi connectivity index (χ2v) is 8.29. The lowest BCUT2D eigenvalue weighted by atomic mass is 9.84. The number of rotatable bonds is 5. The van der Waals surface area contributed by atoms with Crippen LogP contribution < -0.4 is 11.1 Å². The molecule has 0 aromatic heterocycles. The van der Waals surface area contributed by atoms with Crippen LogP contribution in [0, 0.1) is 5.41 Å². The summed E-state index contributed by atoms with van der Waals surface area (Å²) in [4.78, 5) is 12.4. The summed E-state index contributed by atoms with van der Waals surface area (Å²) in [5.41, 5.74) is 5.81. The summed E-state index contributed by atoms with van der Waals surface area (Å²) in [6.45, 7) is 6.56. The maximum atomic E-state index is 12.3. The van der Waals surface area contributed by atoms with E-state index in [1.807, 2.05) is 20.8 Å². The zero-order valence-electron chi connectivity index (χ0n) is 13.0. The maximum absolute atomic E-state index is 12.3. The van der Waals surface area contributed by atoms with Crippen LogP contribution in [0.2, 0.25) is 0 Å². The van der Waals surface area contributed by atoms with Gasteiger partial charge in [0.1, 0.15) is 0 Å². The van der Waals surface area contributed by atoms with Crippen LogP contribution in [0.25, 0.3) is 0 Å². The Balaban J connectivity index is 2.98. The van der Waals surface area contributed by atoms with Gasteiger partial charge in [-0.1, -0.05) is 26.8 Å². The standard InChI is InChI=1S/C15H24N2O3S/c1-15(2,3)13(8-9-16)17-14(18)11-6-5-7-12(10-11)21(4,19)20/h5-7,10,13H,8-9,16H2,1-4H3,(H,17,18). The lowest BCUT2D eigenvalue weighted by Gasteiger charge is -2.31. The Kier molecular flexibility index (Phi) is 5.53. The summed E-state index contributed by atoms with van der Waals surface area (Å²) in [6, 6.07) is 5.98. The van der Waals surface area contributed by atoms with Gasteiger partial charge in [-0.3, -0.25) is 4.79 Å². The van der Waals surface area contributed by atoms with Gasteiger partial charge < -0.3 is 11.1 Å². The third-order valence-electron chi connectivity index (χ3n) is 3.33. The van der Waals surface area contributed by atoms with E-state index in [0.29, 0.717) is 18.5 Å². The molecule has 0 saturated heterocycles. The molecule has 0 saturated carbocycles. The monoisotopic (exact) mass is 312 g/mol. The molecule has 0 heterocycles. The molecule has 0 fully saturated rings. The first kappa shape index (κ1) is 17.7. The third-order valence-corrected chi connectivity index (χ3v) is 4.44. The van der Waals surface area contributed by atoms with Crippen LogP contribution in [-0.2, 0) is 9.84 Å². The fourth-order valence-corrected chi connectivity index (χ4v) is 2.66. The molecule has 21 heavy (non-hydrogen) atoms. The van der Waals surface area contributed by atoms with E-state index in [1.165, 1.54) is 12.1 Å². The Labute approximate surface area is 126 Å². The van der Waals surface area contributed by atoms with Crippen LogP contribution in [0.5, 0.6) is 0 Å². The molecule has 5 nitrogen and oxygen atoms in total. The molecule has 6 heteroatoms. The highest BCUT2D eigenvalue weighted by molar-refractivity contribution is 7.90. The van der Waals surface area contributed by atoms with Crippen molar-refractivity contribution < 1.29 is 13.2 Å². The molecule has 118 valence electrons. The molecule has 0 radical (unpaired) electrons. The van der Waals surface area contributed by atoms with Crippen LogP contribution in [0.4, 0.5) is 0 Å². The molecule has 1 aromatic carbocycles. The molecule has 1 unspecified atom stereocenters. The summed E-state index contributed by atoms with van der Waals surface area (Å²) in [7, 11) is -3.33. The molecule has 1 atom stereocenters. The zero-order valence-corrected chi connectivity index (χ0v) is 13.8. The molecule has 1 aromatic rings. The minimum absolute atomic E-state index is 0.0723. The van der Waals surface area contributed by atoms with E-state index in [4.69, 9.17) is 5.73 Å². The van der Waals surface area contributed by atoms with Crippen molar-refractivity contribution in [1.29, 1.82) is 0 Å². The first-order valence-electron chi connectivity index (χ1n) is 6.87. The number of nitrogens with one attached hydrogen (secondary N) is 1. The number of carbonyl (C=O) groups excluding carboxylic acids is 1. The van der Waals surface area contributed by atoms with Crippen molar-refractivity contribution in [3.05, 3.63) is 29.8 Å². The lowest BCUT2D eigenvalue weighted by molar-refractivity contribution is 0.0898. The van der Waals surface area contributed by atoms with Crippen molar-refractivity contribution in [2.24, 2.45) is 11.1 Å². The van der Waals surface area contributed by atoms with Crippen LogP contribution in [-0.4, -0.2) is 33.2 Å². The summed E-state index contributed by atoms with van der Waals surface area (Å²) in [6.07, 6.45) is 1.79. The normalized spacial score (nSPS) is 13.8. The molecule has 0 aliphatic carbocycles. The zero-order chi connectivity index (χ0) is 16.3. The second kappa shape index (κ2) is 6.58. The average Bonchev–Trinajstić information content (AvgIpc) is 2.36. The van der Waals surface area contributed by atoms with E-state index in [2.05, 4.69) is 5.32 Å². The van der Waals surface area contributed by atoms with Crippen molar-refractivity contribution in [3.8, 4) is 0 Å². The first-order valence-corrected chi connectivity index (χ1v) is 8.76. The molecule has 3 N–H and O–H groups in total. The average molecular weight is 312 g/mol. The molecule has 0 aliphatic rings. The van der Waals surface area contributed by atoms with Crippen molar-refractivity contribution in [1.82, 2.24) is 5.32 Å². The highest BCUT2D eigenvalue weighted by Gasteiger charge is 2.26. The van der Waals surface area contributed by atoms with Gasteiger partial charge in [0.05, 0.1) is 4.90 Å². The molecule has 1 amide bonds. The molecule has 1 rings (SSSR count). The number of hydrogen-bond donors (Lipinski definition) is 2. The maximum Gasteiger partial charge on any atom is 0.251 e. The van der Waals surface area contributed by atoms with E-state index in [-0.39, 0.29) is 22.3 Å². The SMILES string of the molecule is CC(C)(C)C(CCN)NC(=O)c1cccc(S(C)(=O)=O)c1. The largest absolute Gasteiger partial charge is 0.349 e. The van der Waals surface area contributed by atoms with Gasteiger partial charge in [-0.15, -0.1) is 0 Å². The highest BCUT2D eigenvalue weighted by atomic mass is 32.2. The number of nitrogens with two attached hydrogens (primary N) is 1. The Morgan fingerprint density at radius 3 is 2.43 bits per heavy atom. The van der Waals surface area contributed by atoms with Crippen LogP contribution in [0.15, 0.2) is 29.2 Å². The van der Waals surface area contributed by atoms with Crippen LogP contribution in [0.1, 0.15) is 37.6 Å². The number of hydrogen-bond acceptors (Lipinski definition) is 4. The Hall–Kier alpha value is -1.40. The number of benzene rings is 1. The van der Waals surface area contributed by atoms with E-state index in [9.17, 15) is 13.2 Å². The third kappa shape index (κ3) is 5.13. The number of carbonyl (C=O) groups is 1. The summed E-state index contributed by atoms with van der Waals surface area (Å²) >= 11 is 0. The van der Waals surface area contributed by atoms with Gasteiger partial charge in [-0.05, 0) is 36.6 Å². The minimum Gasteiger partial charge on any atom is -0.349 e. The summed E-state index contributed by atoms with van der Waals surface area (Å²) in [5, 5.41) is 2.94. The fraction of sp³-hybridized carbons (Fsp3) is 0.533. The van der Waals surface area contributed by atoms with Crippen molar-refractivity contribution >= 4 is 15.7 Å². The molecular weight excluding hydrogens is 288 g/mol. The van der Waals surface area contributed by atoms with Crippen molar-refractivity contribution in [3.63, 3.8) is 0 Å². The fourth-order valence-electron chi connectivity index (χ4n) is 2.00. The van der Waals surface area contributed by atoms with Gasteiger partial charge >= 0.3 is 0 Å². The van der Waals surface area contributed by atoms with E-state index < -0.39 is 9.84 Å². The topological polar surface area (TPSA) is 89.3 Å². The summed E-state index contributed by atoms with van der Waals surface area (Å²) < 4.78 is 23.1. The van der Waals surface area contributed by atoms with E-state index in [1.54, 1.807) is 12.1 Å². The smallest absolute Gasteiger partial charge is 0.251 e. The van der Waals surface area contributed by atoms with E-state index in [0.717, 1.165) is 6.26 Å². The van der Waals surface area contributed by atoms with Crippen LogP contribution in [0.3, 0.4) is 0 Å². The van der Waals surface area contributed by atoms with E-state index >= 15 is 0 Å². The second-order valence-electron chi connectivity index (χ2n) is 6.27. The van der Waals surface area contributed by atoms with Gasteiger partial charge in [0.15, 0.2) is 9.84 Å². The molecule has 0 aliphatic heterocycles. The van der Waals surface area contributed by atoms with Crippen molar-refractivity contribution in [2.45, 2.75) is 38.1 Å². The van der Waals surface area contributed by atoms with Gasteiger partial charge in [-0.25, -0.2) is 8.42 Å². The summed E-state index contributed by atoms with van der Waals surface area (Å²) in [5.74, 6) is -0.283. The van der Waals surface area contributed by atoms with Gasteiger partial charge in [0.25, 0.3) is 5.91 Å². The van der Waals surface area contributed by atoms with Crippen molar-refractivity contribution in [2.75, 3.05) is 12.8 Å². The molecular formula is C15H24N2O3S.